The van der Waals surface area contributed by atoms with Crippen LogP contribution in [0.2, 0.25) is 0 Å². The number of nitrogens with one attached hydrogen (secondary N) is 1. The molecule has 0 aliphatic carbocycles. The summed E-state index contributed by atoms with van der Waals surface area (Å²) in [5, 5.41) is 12.2. The Morgan fingerprint density at radius 1 is 1.16 bits per heavy atom. The van der Waals surface area contributed by atoms with Crippen LogP contribution in [0.1, 0.15) is 23.0 Å². The summed E-state index contributed by atoms with van der Waals surface area (Å²) in [6, 6.07) is 17.2. The van der Waals surface area contributed by atoms with Crippen LogP contribution in [-0.4, -0.2) is 18.0 Å². The fourth-order valence-corrected chi connectivity index (χ4v) is 2.27. The van der Waals surface area contributed by atoms with Crippen LogP contribution in [0.3, 0.4) is 0 Å². The third-order valence-corrected chi connectivity index (χ3v) is 3.54. The summed E-state index contributed by atoms with van der Waals surface area (Å²) in [5.41, 5.74) is 1.44. The number of benzene rings is 2. The topological polar surface area (TPSA) is 92.3 Å². The summed E-state index contributed by atoms with van der Waals surface area (Å²) in [6.45, 7) is 1.46. The second-order valence-corrected chi connectivity index (χ2v) is 5.38. The summed E-state index contributed by atoms with van der Waals surface area (Å²) in [5.74, 6) is -1.18. The van der Waals surface area contributed by atoms with E-state index in [-0.39, 0.29) is 5.76 Å². The number of nitrogens with zero attached hydrogens (tertiary/aromatic N) is 1. The summed E-state index contributed by atoms with van der Waals surface area (Å²) in [7, 11) is 0. The van der Waals surface area contributed by atoms with E-state index in [1.165, 1.54) is 13.0 Å². The quantitative estimate of drug-likeness (QED) is 0.737. The van der Waals surface area contributed by atoms with Gasteiger partial charge in [0.2, 0.25) is 5.76 Å². The molecule has 6 nitrogen and oxygen atoms in total. The van der Waals surface area contributed by atoms with Gasteiger partial charge < -0.3 is 14.5 Å². The van der Waals surface area contributed by atoms with E-state index in [4.69, 9.17) is 14.4 Å². The van der Waals surface area contributed by atoms with E-state index in [9.17, 15) is 9.59 Å². The molecule has 0 radical (unpaired) electrons. The number of hydrogen-bond acceptors (Lipinski definition) is 5. The Bertz CT molecular complexity index is 951. The number of rotatable bonds is 4. The highest BCUT2D eigenvalue weighted by Gasteiger charge is 2.21. The zero-order chi connectivity index (χ0) is 17.8. The normalized spacial score (nSPS) is 11.5. The van der Waals surface area contributed by atoms with Gasteiger partial charge in [-0.15, -0.1) is 0 Å². The van der Waals surface area contributed by atoms with Crippen molar-refractivity contribution in [3.05, 3.63) is 65.9 Å². The second kappa shape index (κ2) is 6.89. The van der Waals surface area contributed by atoms with Crippen molar-refractivity contribution in [1.82, 2.24) is 0 Å². The number of nitriles is 1. The van der Waals surface area contributed by atoms with Crippen molar-refractivity contribution < 1.29 is 18.7 Å². The number of fused-ring (bicyclic) bond motifs is 1. The van der Waals surface area contributed by atoms with Crippen LogP contribution in [0, 0.1) is 11.3 Å². The Balaban J connectivity index is 1.66. The lowest BCUT2D eigenvalue weighted by Crippen LogP contribution is -2.29. The van der Waals surface area contributed by atoms with Crippen molar-refractivity contribution in [2.45, 2.75) is 13.0 Å². The minimum absolute atomic E-state index is 0.0346. The number of esters is 1. The first-order chi connectivity index (χ1) is 12.1. The molecule has 1 atom stereocenters. The van der Waals surface area contributed by atoms with E-state index in [0.717, 1.165) is 5.39 Å². The smallest absolute Gasteiger partial charge is 0.375 e. The largest absolute Gasteiger partial charge is 0.449 e. The van der Waals surface area contributed by atoms with E-state index in [1.807, 2.05) is 18.2 Å². The number of ether oxygens (including phenoxy) is 1. The van der Waals surface area contributed by atoms with Gasteiger partial charge in [-0.1, -0.05) is 24.3 Å². The zero-order valence-corrected chi connectivity index (χ0v) is 13.4. The molecule has 1 amide bonds. The summed E-state index contributed by atoms with van der Waals surface area (Å²) in [4.78, 5) is 24.3. The number of amides is 1. The zero-order valence-electron chi connectivity index (χ0n) is 13.4. The molecular weight excluding hydrogens is 320 g/mol. The van der Waals surface area contributed by atoms with Gasteiger partial charge in [-0.25, -0.2) is 4.79 Å². The van der Waals surface area contributed by atoms with Gasteiger partial charge in [0.15, 0.2) is 6.10 Å². The molecule has 3 aromatic rings. The number of para-hydroxylation sites is 1. The molecule has 0 saturated heterocycles. The molecule has 0 fully saturated rings. The SMILES string of the molecule is C[C@@H](OC(=O)c1cc2ccccc2o1)C(=O)Nc1cccc(C#N)c1. The van der Waals surface area contributed by atoms with Crippen LogP contribution in [0.25, 0.3) is 11.0 Å². The number of carbonyl (C=O) groups excluding carboxylic acids is 2. The monoisotopic (exact) mass is 334 g/mol. The Morgan fingerprint density at radius 3 is 2.72 bits per heavy atom. The molecule has 0 aliphatic rings. The maximum atomic E-state index is 12.1. The van der Waals surface area contributed by atoms with Crippen molar-refractivity contribution >= 4 is 28.5 Å². The predicted molar refractivity (Wildman–Crippen MR) is 90.9 cm³/mol. The fourth-order valence-electron chi connectivity index (χ4n) is 2.27. The van der Waals surface area contributed by atoms with E-state index in [1.54, 1.807) is 36.4 Å². The average molecular weight is 334 g/mol. The highest BCUT2D eigenvalue weighted by Crippen LogP contribution is 2.20. The molecule has 0 aliphatic heterocycles. The lowest BCUT2D eigenvalue weighted by Gasteiger charge is -2.12. The molecule has 1 N–H and O–H groups in total. The molecule has 0 saturated carbocycles. The van der Waals surface area contributed by atoms with Gasteiger partial charge in [-0.05, 0) is 37.3 Å². The minimum atomic E-state index is -1.02. The molecule has 0 spiro atoms. The van der Waals surface area contributed by atoms with Gasteiger partial charge in [0.25, 0.3) is 5.91 Å². The van der Waals surface area contributed by atoms with Crippen molar-refractivity contribution in [3.63, 3.8) is 0 Å². The van der Waals surface area contributed by atoms with Crippen LogP contribution in [-0.2, 0) is 9.53 Å². The van der Waals surface area contributed by atoms with Crippen molar-refractivity contribution in [2.24, 2.45) is 0 Å². The molecule has 1 aromatic heterocycles. The van der Waals surface area contributed by atoms with E-state index in [0.29, 0.717) is 16.8 Å². The molecule has 0 bridgehead atoms. The molecule has 0 unspecified atom stereocenters. The molecule has 1 heterocycles. The molecule has 3 rings (SSSR count). The maximum Gasteiger partial charge on any atom is 0.375 e. The maximum absolute atomic E-state index is 12.1. The Kier molecular flexibility index (Phi) is 4.48. The molecule has 124 valence electrons. The van der Waals surface area contributed by atoms with Gasteiger partial charge in [0.05, 0.1) is 11.6 Å². The molecule has 2 aromatic carbocycles. The highest BCUT2D eigenvalue weighted by atomic mass is 16.6. The highest BCUT2D eigenvalue weighted by molar-refractivity contribution is 5.98. The van der Waals surface area contributed by atoms with Crippen molar-refractivity contribution in [2.75, 3.05) is 5.32 Å². The predicted octanol–water partition coefficient (Wildman–Crippen LogP) is 3.49. The lowest BCUT2D eigenvalue weighted by molar-refractivity contribution is -0.123. The summed E-state index contributed by atoms with van der Waals surface area (Å²) < 4.78 is 10.6. The second-order valence-electron chi connectivity index (χ2n) is 5.38. The number of hydrogen-bond donors (Lipinski definition) is 1. The summed E-state index contributed by atoms with van der Waals surface area (Å²) >= 11 is 0. The van der Waals surface area contributed by atoms with Crippen molar-refractivity contribution in [3.8, 4) is 6.07 Å². The average Bonchev–Trinajstić information content (AvgIpc) is 3.06. The van der Waals surface area contributed by atoms with Gasteiger partial charge in [0.1, 0.15) is 5.58 Å². The van der Waals surface area contributed by atoms with Gasteiger partial charge >= 0.3 is 5.97 Å². The van der Waals surface area contributed by atoms with E-state index < -0.39 is 18.0 Å². The van der Waals surface area contributed by atoms with Gasteiger partial charge in [0, 0.05) is 11.1 Å². The van der Waals surface area contributed by atoms with Crippen LogP contribution < -0.4 is 5.32 Å². The number of anilines is 1. The third-order valence-electron chi connectivity index (χ3n) is 3.54. The summed E-state index contributed by atoms with van der Waals surface area (Å²) in [6.07, 6.45) is -1.02. The standard InChI is InChI=1S/C19H14N2O4/c1-12(18(22)21-15-7-4-5-13(9-15)11-20)24-19(23)17-10-14-6-2-3-8-16(14)25-17/h2-10,12H,1H3,(H,21,22)/t12-/m1/s1. The van der Waals surface area contributed by atoms with Crippen LogP contribution >= 0.6 is 0 Å². The first kappa shape index (κ1) is 16.3. The minimum Gasteiger partial charge on any atom is -0.449 e. The van der Waals surface area contributed by atoms with Gasteiger partial charge in [-0.3, -0.25) is 4.79 Å². The van der Waals surface area contributed by atoms with Crippen LogP contribution in [0.15, 0.2) is 59.0 Å². The molecule has 6 heteroatoms. The lowest BCUT2D eigenvalue weighted by atomic mass is 10.2. The van der Waals surface area contributed by atoms with Crippen LogP contribution in [0.5, 0.6) is 0 Å². The van der Waals surface area contributed by atoms with Gasteiger partial charge in [-0.2, -0.15) is 5.26 Å². The Morgan fingerprint density at radius 2 is 1.96 bits per heavy atom. The number of carbonyl (C=O) groups is 2. The third kappa shape index (κ3) is 3.67. The van der Waals surface area contributed by atoms with E-state index >= 15 is 0 Å². The fraction of sp³-hybridized carbons (Fsp3) is 0.105. The Hall–Kier alpha value is -3.59. The first-order valence-electron chi connectivity index (χ1n) is 7.57. The van der Waals surface area contributed by atoms with Crippen molar-refractivity contribution in [1.29, 1.82) is 5.26 Å². The number of furan rings is 1. The molecular formula is C19H14N2O4. The first-order valence-corrected chi connectivity index (χ1v) is 7.57. The molecule has 25 heavy (non-hydrogen) atoms. The van der Waals surface area contributed by atoms with Crippen LogP contribution in [0.4, 0.5) is 5.69 Å². The van der Waals surface area contributed by atoms with E-state index in [2.05, 4.69) is 5.32 Å². The Labute approximate surface area is 143 Å².